The number of nitrogens with one attached hydrogen (secondary N) is 2. The van der Waals surface area contributed by atoms with E-state index in [4.69, 9.17) is 5.11 Å². The van der Waals surface area contributed by atoms with Crippen LogP contribution in [0.3, 0.4) is 0 Å². The van der Waals surface area contributed by atoms with Gasteiger partial charge in [0.25, 0.3) is 0 Å². The van der Waals surface area contributed by atoms with E-state index in [2.05, 4.69) is 26.6 Å². The zero-order valence-electron chi connectivity index (χ0n) is 10.9. The number of hydrogen-bond acceptors (Lipinski definition) is 3. The smallest absolute Gasteiger partial charge is 0.313 e. The SMILES string of the molecule is CCC(CO)NC(=O)C(=O)Nc1ccc(C)cc1Br. The third kappa shape index (κ3) is 4.65. The summed E-state index contributed by atoms with van der Waals surface area (Å²) in [6.07, 6.45) is 0.559. The molecule has 19 heavy (non-hydrogen) atoms. The quantitative estimate of drug-likeness (QED) is 0.734. The van der Waals surface area contributed by atoms with Crippen LogP contribution in [0.25, 0.3) is 0 Å². The number of benzene rings is 1. The third-order valence-electron chi connectivity index (χ3n) is 2.63. The predicted molar refractivity (Wildman–Crippen MR) is 76.8 cm³/mol. The topological polar surface area (TPSA) is 78.4 Å². The Bertz CT molecular complexity index is 473. The van der Waals surface area contributed by atoms with E-state index in [0.717, 1.165) is 5.56 Å². The Morgan fingerprint density at radius 3 is 2.58 bits per heavy atom. The van der Waals surface area contributed by atoms with Crippen molar-refractivity contribution in [3.8, 4) is 0 Å². The van der Waals surface area contributed by atoms with E-state index in [1.165, 1.54) is 0 Å². The van der Waals surface area contributed by atoms with Crippen molar-refractivity contribution >= 4 is 33.4 Å². The Kier molecular flexibility index (Phi) is 5.98. The highest BCUT2D eigenvalue weighted by atomic mass is 79.9. The van der Waals surface area contributed by atoms with Crippen LogP contribution in [0.5, 0.6) is 0 Å². The summed E-state index contributed by atoms with van der Waals surface area (Å²) in [4.78, 5) is 23.3. The fourth-order valence-electron chi connectivity index (χ4n) is 1.43. The van der Waals surface area contributed by atoms with E-state index in [9.17, 15) is 9.59 Å². The molecule has 0 saturated carbocycles. The molecule has 1 aromatic rings. The maximum absolute atomic E-state index is 11.7. The van der Waals surface area contributed by atoms with E-state index in [1.807, 2.05) is 26.0 Å². The molecule has 0 bridgehead atoms. The molecule has 0 radical (unpaired) electrons. The summed E-state index contributed by atoms with van der Waals surface area (Å²) in [5.74, 6) is -1.51. The van der Waals surface area contributed by atoms with Crippen molar-refractivity contribution in [2.45, 2.75) is 26.3 Å². The Morgan fingerprint density at radius 2 is 2.05 bits per heavy atom. The number of carbonyl (C=O) groups excluding carboxylic acids is 2. The first-order valence-electron chi connectivity index (χ1n) is 5.96. The van der Waals surface area contributed by atoms with Crippen molar-refractivity contribution < 1.29 is 14.7 Å². The highest BCUT2D eigenvalue weighted by Crippen LogP contribution is 2.23. The van der Waals surface area contributed by atoms with Crippen LogP contribution < -0.4 is 10.6 Å². The van der Waals surface area contributed by atoms with Crippen LogP contribution in [0.4, 0.5) is 5.69 Å². The number of aliphatic hydroxyl groups excluding tert-OH is 1. The Balaban J connectivity index is 2.66. The number of hydrogen-bond donors (Lipinski definition) is 3. The van der Waals surface area contributed by atoms with Crippen LogP contribution in [0.15, 0.2) is 22.7 Å². The molecule has 0 aliphatic carbocycles. The molecule has 0 spiro atoms. The molecule has 0 fully saturated rings. The molecule has 1 unspecified atom stereocenters. The van der Waals surface area contributed by atoms with E-state index in [-0.39, 0.29) is 6.61 Å². The molecule has 1 rings (SSSR count). The second-order valence-electron chi connectivity index (χ2n) is 4.20. The van der Waals surface area contributed by atoms with Gasteiger partial charge >= 0.3 is 11.8 Å². The Hall–Kier alpha value is -1.40. The van der Waals surface area contributed by atoms with Crippen molar-refractivity contribution in [2.75, 3.05) is 11.9 Å². The molecule has 3 N–H and O–H groups in total. The lowest BCUT2D eigenvalue weighted by Gasteiger charge is -2.14. The van der Waals surface area contributed by atoms with Gasteiger partial charge in [0.05, 0.1) is 18.3 Å². The average molecular weight is 329 g/mol. The third-order valence-corrected chi connectivity index (χ3v) is 3.28. The largest absolute Gasteiger partial charge is 0.394 e. The number of anilines is 1. The lowest BCUT2D eigenvalue weighted by Crippen LogP contribution is -2.43. The van der Waals surface area contributed by atoms with Crippen LogP contribution in [0, 0.1) is 6.92 Å². The van der Waals surface area contributed by atoms with Gasteiger partial charge in [-0.3, -0.25) is 9.59 Å². The monoisotopic (exact) mass is 328 g/mol. The Morgan fingerprint density at radius 1 is 1.37 bits per heavy atom. The normalized spacial score (nSPS) is 11.8. The molecular weight excluding hydrogens is 312 g/mol. The first-order chi connectivity index (χ1) is 8.97. The maximum Gasteiger partial charge on any atom is 0.313 e. The Labute approximate surface area is 120 Å². The highest BCUT2D eigenvalue weighted by Gasteiger charge is 2.17. The van der Waals surface area contributed by atoms with Crippen molar-refractivity contribution in [3.05, 3.63) is 28.2 Å². The molecule has 0 saturated heterocycles. The van der Waals surface area contributed by atoms with E-state index in [1.54, 1.807) is 6.07 Å². The summed E-state index contributed by atoms with van der Waals surface area (Å²) >= 11 is 3.32. The van der Waals surface area contributed by atoms with Gasteiger partial charge < -0.3 is 15.7 Å². The van der Waals surface area contributed by atoms with Crippen LogP contribution in [0.1, 0.15) is 18.9 Å². The van der Waals surface area contributed by atoms with Crippen molar-refractivity contribution in [3.63, 3.8) is 0 Å². The molecule has 6 heteroatoms. The number of aryl methyl sites for hydroxylation is 1. The minimum atomic E-state index is -0.756. The molecule has 1 atom stereocenters. The summed E-state index contributed by atoms with van der Waals surface area (Å²) in [7, 11) is 0. The van der Waals surface area contributed by atoms with Crippen LogP contribution in [-0.4, -0.2) is 29.6 Å². The molecule has 0 heterocycles. The van der Waals surface area contributed by atoms with Crippen LogP contribution >= 0.6 is 15.9 Å². The standard InChI is InChI=1S/C13H17BrN2O3/c1-3-9(7-17)15-12(18)13(19)16-11-5-4-8(2)6-10(11)14/h4-6,9,17H,3,7H2,1-2H3,(H,15,18)(H,16,19). The zero-order valence-corrected chi connectivity index (χ0v) is 12.5. The summed E-state index contributed by atoms with van der Waals surface area (Å²) in [5.41, 5.74) is 1.57. The first kappa shape index (κ1) is 15.7. The van der Waals surface area contributed by atoms with E-state index < -0.39 is 17.9 Å². The summed E-state index contributed by atoms with van der Waals surface area (Å²) in [5, 5.41) is 13.9. The molecule has 104 valence electrons. The number of halogens is 1. The molecular formula is C13H17BrN2O3. The molecule has 1 aromatic carbocycles. The minimum absolute atomic E-state index is 0.191. The van der Waals surface area contributed by atoms with Gasteiger partial charge in [0, 0.05) is 4.47 Å². The molecule has 0 aliphatic rings. The fraction of sp³-hybridized carbons (Fsp3) is 0.385. The summed E-state index contributed by atoms with van der Waals surface area (Å²) < 4.78 is 0.711. The number of carbonyl (C=O) groups is 2. The van der Waals surface area contributed by atoms with Crippen molar-refractivity contribution in [2.24, 2.45) is 0 Å². The van der Waals surface area contributed by atoms with Gasteiger partial charge in [-0.15, -0.1) is 0 Å². The van der Waals surface area contributed by atoms with E-state index in [0.29, 0.717) is 16.6 Å². The molecule has 0 aliphatic heterocycles. The molecule has 2 amide bonds. The number of rotatable bonds is 4. The number of aliphatic hydroxyl groups is 1. The second kappa shape index (κ2) is 7.25. The van der Waals surface area contributed by atoms with Crippen molar-refractivity contribution in [1.82, 2.24) is 5.32 Å². The van der Waals surface area contributed by atoms with Gasteiger partial charge in [0.1, 0.15) is 0 Å². The minimum Gasteiger partial charge on any atom is -0.394 e. The van der Waals surface area contributed by atoms with Gasteiger partial charge in [-0.2, -0.15) is 0 Å². The van der Waals surface area contributed by atoms with Crippen LogP contribution in [-0.2, 0) is 9.59 Å². The summed E-state index contributed by atoms with van der Waals surface area (Å²) in [6, 6.07) is 4.99. The highest BCUT2D eigenvalue weighted by molar-refractivity contribution is 9.10. The fourth-order valence-corrected chi connectivity index (χ4v) is 2.02. The predicted octanol–water partition coefficient (Wildman–Crippen LogP) is 1.58. The average Bonchev–Trinajstić information content (AvgIpc) is 2.38. The lowest BCUT2D eigenvalue weighted by molar-refractivity contribution is -0.136. The van der Waals surface area contributed by atoms with E-state index >= 15 is 0 Å². The molecule has 5 nitrogen and oxygen atoms in total. The van der Waals surface area contributed by atoms with Crippen molar-refractivity contribution in [1.29, 1.82) is 0 Å². The van der Waals surface area contributed by atoms with Crippen LogP contribution in [0.2, 0.25) is 0 Å². The number of amides is 2. The van der Waals surface area contributed by atoms with Gasteiger partial charge in [0.2, 0.25) is 0 Å². The molecule has 0 aromatic heterocycles. The first-order valence-corrected chi connectivity index (χ1v) is 6.76. The maximum atomic E-state index is 11.7. The van der Waals surface area contributed by atoms with Gasteiger partial charge in [-0.1, -0.05) is 13.0 Å². The van der Waals surface area contributed by atoms with Gasteiger partial charge in [-0.25, -0.2) is 0 Å². The summed E-state index contributed by atoms with van der Waals surface area (Å²) in [6.45, 7) is 3.55. The second-order valence-corrected chi connectivity index (χ2v) is 5.05. The zero-order chi connectivity index (χ0) is 14.4. The van der Waals surface area contributed by atoms with Gasteiger partial charge in [-0.05, 0) is 47.0 Å². The van der Waals surface area contributed by atoms with Gasteiger partial charge in [0.15, 0.2) is 0 Å². The lowest BCUT2D eigenvalue weighted by atomic mass is 10.2.